The molecule has 156 valence electrons. The molecule has 2 aromatic rings. The zero-order valence-electron chi connectivity index (χ0n) is 16.8. The number of anilines is 1. The van der Waals surface area contributed by atoms with E-state index in [0.717, 1.165) is 25.3 Å². The molecule has 1 atom stereocenters. The summed E-state index contributed by atoms with van der Waals surface area (Å²) in [6, 6.07) is 5.93. The fourth-order valence-corrected chi connectivity index (χ4v) is 4.16. The fourth-order valence-electron chi connectivity index (χ4n) is 3.33. The Bertz CT molecular complexity index is 831. The molecule has 0 bridgehead atoms. The minimum absolute atomic E-state index is 0.0703. The molecule has 8 heteroatoms. The van der Waals surface area contributed by atoms with Crippen molar-refractivity contribution >= 4 is 39.9 Å². The van der Waals surface area contributed by atoms with Gasteiger partial charge in [-0.1, -0.05) is 31.9 Å². The number of halogens is 1. The van der Waals surface area contributed by atoms with Crippen LogP contribution in [-0.2, 0) is 11.3 Å². The van der Waals surface area contributed by atoms with Crippen LogP contribution in [0.5, 0.6) is 0 Å². The predicted octanol–water partition coefficient (Wildman–Crippen LogP) is 4.18. The van der Waals surface area contributed by atoms with Crippen molar-refractivity contribution in [2.24, 2.45) is 5.92 Å². The number of carbonyl (C=O) groups excluding carboxylic acids is 2. The van der Waals surface area contributed by atoms with Gasteiger partial charge in [-0.05, 0) is 56.1 Å². The first kappa shape index (κ1) is 21.7. The molecule has 1 saturated heterocycles. The number of nitrogens with one attached hydrogen (secondary N) is 2. The topological polar surface area (TPSA) is 74.3 Å². The molecule has 3 rings (SSSR count). The highest BCUT2D eigenvalue weighted by Gasteiger charge is 2.25. The summed E-state index contributed by atoms with van der Waals surface area (Å²) in [7, 11) is 0. The van der Waals surface area contributed by atoms with Crippen molar-refractivity contribution in [3.05, 3.63) is 45.9 Å². The van der Waals surface area contributed by atoms with E-state index in [-0.39, 0.29) is 17.7 Å². The van der Waals surface area contributed by atoms with Crippen molar-refractivity contribution in [3.8, 4) is 0 Å². The third-order valence-corrected chi connectivity index (χ3v) is 6.02. The summed E-state index contributed by atoms with van der Waals surface area (Å²) in [6.45, 7) is 6.82. The number of thiazole rings is 1. The van der Waals surface area contributed by atoms with Crippen molar-refractivity contribution in [2.45, 2.75) is 45.7 Å². The van der Waals surface area contributed by atoms with Crippen LogP contribution < -0.4 is 10.6 Å². The summed E-state index contributed by atoms with van der Waals surface area (Å²) in [6.07, 6.45) is 3.77. The van der Waals surface area contributed by atoms with Gasteiger partial charge in [-0.15, -0.1) is 11.3 Å². The van der Waals surface area contributed by atoms with Gasteiger partial charge in [-0.2, -0.15) is 0 Å². The third-order valence-electron chi connectivity index (χ3n) is 4.96. The van der Waals surface area contributed by atoms with Gasteiger partial charge in [-0.25, -0.2) is 4.98 Å². The van der Waals surface area contributed by atoms with E-state index in [0.29, 0.717) is 15.7 Å². The Morgan fingerprint density at radius 1 is 1.17 bits per heavy atom. The zero-order valence-corrected chi connectivity index (χ0v) is 18.4. The van der Waals surface area contributed by atoms with Crippen LogP contribution >= 0.6 is 22.9 Å². The molecule has 0 spiro atoms. The molecule has 2 heterocycles. The largest absolute Gasteiger partial charge is 0.340 e. The number of aromatic nitrogens is 1. The van der Waals surface area contributed by atoms with Crippen LogP contribution in [0.1, 0.15) is 49.2 Å². The van der Waals surface area contributed by atoms with Crippen LogP contribution in [-0.4, -0.2) is 40.8 Å². The summed E-state index contributed by atoms with van der Waals surface area (Å²) < 4.78 is 0. The molecule has 6 nitrogen and oxygen atoms in total. The Kier molecular flexibility index (Phi) is 7.64. The molecule has 0 aliphatic carbocycles. The van der Waals surface area contributed by atoms with Gasteiger partial charge in [0.05, 0.1) is 5.69 Å². The first-order valence-electron chi connectivity index (χ1n) is 9.96. The van der Waals surface area contributed by atoms with Crippen LogP contribution in [0.4, 0.5) is 5.13 Å². The normalized spacial score (nSPS) is 15.9. The van der Waals surface area contributed by atoms with Crippen LogP contribution in [0, 0.1) is 5.92 Å². The van der Waals surface area contributed by atoms with E-state index in [1.165, 1.54) is 30.6 Å². The van der Waals surface area contributed by atoms with Gasteiger partial charge >= 0.3 is 0 Å². The fraction of sp³-hybridized carbons (Fsp3) is 0.476. The Morgan fingerprint density at radius 3 is 2.52 bits per heavy atom. The van der Waals surface area contributed by atoms with Crippen LogP contribution in [0.25, 0.3) is 0 Å². The van der Waals surface area contributed by atoms with Crippen LogP contribution in [0.2, 0.25) is 5.02 Å². The van der Waals surface area contributed by atoms with Crippen LogP contribution in [0.3, 0.4) is 0 Å². The van der Waals surface area contributed by atoms with Crippen molar-refractivity contribution in [3.63, 3.8) is 0 Å². The lowest BCUT2D eigenvalue weighted by atomic mass is 10.0. The molecule has 0 radical (unpaired) electrons. The van der Waals surface area contributed by atoms with Gasteiger partial charge < -0.3 is 10.6 Å². The van der Waals surface area contributed by atoms with E-state index in [1.54, 1.807) is 24.3 Å². The monoisotopic (exact) mass is 434 g/mol. The number of hydrogen-bond donors (Lipinski definition) is 2. The Morgan fingerprint density at radius 2 is 1.86 bits per heavy atom. The molecule has 1 aromatic heterocycles. The first-order valence-corrected chi connectivity index (χ1v) is 11.2. The second-order valence-corrected chi connectivity index (χ2v) is 8.97. The third kappa shape index (κ3) is 6.26. The number of rotatable bonds is 7. The second-order valence-electron chi connectivity index (χ2n) is 7.67. The van der Waals surface area contributed by atoms with Gasteiger partial charge in [0.15, 0.2) is 5.13 Å². The van der Waals surface area contributed by atoms with E-state index < -0.39 is 6.04 Å². The first-order chi connectivity index (χ1) is 13.9. The number of nitrogens with zero attached hydrogens (tertiary/aromatic N) is 2. The molecule has 2 N–H and O–H groups in total. The van der Waals surface area contributed by atoms with E-state index >= 15 is 0 Å². The summed E-state index contributed by atoms with van der Waals surface area (Å²) in [5.74, 6) is -0.638. The standard InChI is InChI=1S/C21H27ClN4O2S/c1-14(2)18(24-19(27)15-6-8-16(22)9-7-15)20(28)25-21-23-17(13-29-21)12-26-10-4-3-5-11-26/h6-9,13-14,18H,3-5,10-12H2,1-2H3,(H,24,27)(H,23,25,28). The van der Waals surface area contributed by atoms with Gasteiger partial charge in [0.1, 0.15) is 6.04 Å². The summed E-state index contributed by atoms with van der Waals surface area (Å²) in [5.41, 5.74) is 1.43. The number of amides is 2. The highest BCUT2D eigenvalue weighted by molar-refractivity contribution is 7.13. The molecule has 2 amide bonds. The van der Waals surface area contributed by atoms with Crippen molar-refractivity contribution in [1.29, 1.82) is 0 Å². The van der Waals surface area contributed by atoms with Gasteiger partial charge in [0.25, 0.3) is 5.91 Å². The lowest BCUT2D eigenvalue weighted by Crippen LogP contribution is -2.47. The Balaban J connectivity index is 1.59. The van der Waals surface area contributed by atoms with Gasteiger partial charge in [-0.3, -0.25) is 14.5 Å². The van der Waals surface area contributed by atoms with Gasteiger partial charge in [0, 0.05) is 22.5 Å². The lowest BCUT2D eigenvalue weighted by Gasteiger charge is -2.25. The summed E-state index contributed by atoms with van der Waals surface area (Å²) in [4.78, 5) is 32.2. The quantitative estimate of drug-likeness (QED) is 0.685. The average Bonchev–Trinajstić information content (AvgIpc) is 3.13. The predicted molar refractivity (Wildman–Crippen MR) is 117 cm³/mol. The maximum atomic E-state index is 12.8. The van der Waals surface area contributed by atoms with Crippen molar-refractivity contribution in [1.82, 2.24) is 15.2 Å². The van der Waals surface area contributed by atoms with E-state index in [1.807, 2.05) is 19.2 Å². The molecule has 1 aromatic carbocycles. The number of benzene rings is 1. The molecule has 1 unspecified atom stereocenters. The number of carbonyl (C=O) groups is 2. The minimum Gasteiger partial charge on any atom is -0.340 e. The van der Waals surface area contributed by atoms with Crippen molar-refractivity contribution in [2.75, 3.05) is 18.4 Å². The number of piperidine rings is 1. The molecule has 1 aliphatic rings. The smallest absolute Gasteiger partial charge is 0.251 e. The SMILES string of the molecule is CC(C)C(NC(=O)c1ccc(Cl)cc1)C(=O)Nc1nc(CN2CCCCC2)cs1. The highest BCUT2D eigenvalue weighted by atomic mass is 35.5. The Labute approximate surface area is 180 Å². The Hall–Kier alpha value is -1.96. The molecule has 1 fully saturated rings. The maximum Gasteiger partial charge on any atom is 0.251 e. The number of hydrogen-bond acceptors (Lipinski definition) is 5. The molecule has 1 aliphatic heterocycles. The molecular weight excluding hydrogens is 408 g/mol. The molecule has 0 saturated carbocycles. The maximum absolute atomic E-state index is 12.8. The highest BCUT2D eigenvalue weighted by Crippen LogP contribution is 2.20. The van der Waals surface area contributed by atoms with Gasteiger partial charge in [0.2, 0.25) is 5.91 Å². The van der Waals surface area contributed by atoms with Crippen LogP contribution in [0.15, 0.2) is 29.6 Å². The van der Waals surface area contributed by atoms with Crippen molar-refractivity contribution < 1.29 is 9.59 Å². The zero-order chi connectivity index (χ0) is 20.8. The summed E-state index contributed by atoms with van der Waals surface area (Å²) >= 11 is 7.29. The lowest BCUT2D eigenvalue weighted by molar-refractivity contribution is -0.118. The number of likely N-dealkylation sites (tertiary alicyclic amines) is 1. The molecule has 29 heavy (non-hydrogen) atoms. The van der Waals surface area contributed by atoms with E-state index in [4.69, 9.17) is 11.6 Å². The summed E-state index contributed by atoms with van der Waals surface area (Å²) in [5, 5.41) is 8.79. The van der Waals surface area contributed by atoms with E-state index in [2.05, 4.69) is 20.5 Å². The minimum atomic E-state index is -0.660. The second kappa shape index (κ2) is 10.2. The average molecular weight is 435 g/mol. The molecular formula is C21H27ClN4O2S. The van der Waals surface area contributed by atoms with E-state index in [9.17, 15) is 9.59 Å².